The standard InChI is InChI=1S/C9H17N3OS/c1-2-13-7-5-9-12-11-8(14-9)4-3-6-10/h2-7,10H2,1H3. The molecule has 0 spiro atoms. The minimum absolute atomic E-state index is 0.716. The Bertz CT molecular complexity index is 252. The molecule has 0 atom stereocenters. The van der Waals surface area contributed by atoms with Crippen molar-refractivity contribution in [1.29, 1.82) is 0 Å². The highest BCUT2D eigenvalue weighted by Gasteiger charge is 2.03. The number of aromatic nitrogens is 2. The molecule has 0 aliphatic carbocycles. The van der Waals surface area contributed by atoms with Crippen LogP contribution in [0.15, 0.2) is 0 Å². The summed E-state index contributed by atoms with van der Waals surface area (Å²) in [6, 6.07) is 0. The van der Waals surface area contributed by atoms with E-state index in [9.17, 15) is 0 Å². The second kappa shape index (κ2) is 6.86. The molecule has 0 aliphatic heterocycles. The molecule has 1 aromatic heterocycles. The van der Waals surface area contributed by atoms with E-state index in [-0.39, 0.29) is 0 Å². The summed E-state index contributed by atoms with van der Waals surface area (Å²) in [5.41, 5.74) is 5.42. The maximum Gasteiger partial charge on any atom is 0.119 e. The van der Waals surface area contributed by atoms with Gasteiger partial charge in [0.2, 0.25) is 0 Å². The molecule has 1 rings (SSSR count). The number of nitrogens with zero attached hydrogens (tertiary/aromatic N) is 2. The van der Waals surface area contributed by atoms with E-state index in [0.717, 1.165) is 42.5 Å². The lowest BCUT2D eigenvalue weighted by molar-refractivity contribution is 0.150. The Kier molecular flexibility index (Phi) is 5.66. The van der Waals surface area contributed by atoms with Gasteiger partial charge in [0.1, 0.15) is 10.0 Å². The van der Waals surface area contributed by atoms with E-state index in [2.05, 4.69) is 10.2 Å². The van der Waals surface area contributed by atoms with Gasteiger partial charge in [-0.1, -0.05) is 0 Å². The third kappa shape index (κ3) is 4.13. The third-order valence-corrected chi connectivity index (χ3v) is 2.81. The molecule has 14 heavy (non-hydrogen) atoms. The van der Waals surface area contributed by atoms with E-state index in [1.807, 2.05) is 6.92 Å². The zero-order valence-corrected chi connectivity index (χ0v) is 9.35. The quantitative estimate of drug-likeness (QED) is 0.690. The van der Waals surface area contributed by atoms with Crippen molar-refractivity contribution in [2.45, 2.75) is 26.2 Å². The van der Waals surface area contributed by atoms with Gasteiger partial charge in [-0.25, -0.2) is 0 Å². The largest absolute Gasteiger partial charge is 0.381 e. The molecule has 4 nitrogen and oxygen atoms in total. The van der Waals surface area contributed by atoms with Crippen molar-refractivity contribution >= 4 is 11.3 Å². The second-order valence-corrected chi connectivity index (χ2v) is 4.08. The van der Waals surface area contributed by atoms with Gasteiger partial charge < -0.3 is 10.5 Å². The topological polar surface area (TPSA) is 61.0 Å². The Morgan fingerprint density at radius 1 is 1.29 bits per heavy atom. The molecule has 0 saturated carbocycles. The van der Waals surface area contributed by atoms with Gasteiger partial charge in [0.25, 0.3) is 0 Å². The van der Waals surface area contributed by atoms with Crippen LogP contribution in [0.3, 0.4) is 0 Å². The summed E-state index contributed by atoms with van der Waals surface area (Å²) in [5.74, 6) is 0. The van der Waals surface area contributed by atoms with E-state index in [4.69, 9.17) is 10.5 Å². The molecule has 0 bridgehead atoms. The highest BCUT2D eigenvalue weighted by Crippen LogP contribution is 2.11. The SMILES string of the molecule is CCOCCc1nnc(CCCN)s1. The normalized spacial score (nSPS) is 10.7. The first-order valence-electron chi connectivity index (χ1n) is 4.96. The number of ether oxygens (including phenoxy) is 1. The van der Waals surface area contributed by atoms with Crippen LogP contribution in [0.2, 0.25) is 0 Å². The molecule has 0 aromatic carbocycles. The highest BCUT2D eigenvalue weighted by molar-refractivity contribution is 7.11. The van der Waals surface area contributed by atoms with Crippen molar-refractivity contribution in [2.75, 3.05) is 19.8 Å². The van der Waals surface area contributed by atoms with Crippen molar-refractivity contribution in [2.24, 2.45) is 5.73 Å². The Hall–Kier alpha value is -0.520. The predicted octanol–water partition coefficient (Wildman–Crippen LogP) is 1.01. The summed E-state index contributed by atoms with van der Waals surface area (Å²) < 4.78 is 5.25. The van der Waals surface area contributed by atoms with Crippen molar-refractivity contribution < 1.29 is 4.74 Å². The summed E-state index contributed by atoms with van der Waals surface area (Å²) in [6.45, 7) is 4.21. The molecule has 0 saturated heterocycles. The van der Waals surface area contributed by atoms with Crippen LogP contribution in [0.25, 0.3) is 0 Å². The molecule has 0 fully saturated rings. The lowest BCUT2D eigenvalue weighted by Gasteiger charge is -1.95. The molecule has 1 heterocycles. The van der Waals surface area contributed by atoms with Crippen LogP contribution in [0, 0.1) is 0 Å². The number of hydrogen-bond donors (Lipinski definition) is 1. The van der Waals surface area contributed by atoms with Crippen molar-refractivity contribution in [3.63, 3.8) is 0 Å². The van der Waals surface area contributed by atoms with E-state index in [0.29, 0.717) is 6.54 Å². The number of rotatable bonds is 7. The third-order valence-electron chi connectivity index (χ3n) is 1.77. The van der Waals surface area contributed by atoms with E-state index in [1.165, 1.54) is 0 Å². The van der Waals surface area contributed by atoms with Crippen molar-refractivity contribution in [3.05, 3.63) is 10.0 Å². The molecule has 0 aliphatic rings. The van der Waals surface area contributed by atoms with Gasteiger partial charge in [-0.2, -0.15) is 0 Å². The van der Waals surface area contributed by atoms with Gasteiger partial charge in [-0.3, -0.25) is 0 Å². The monoisotopic (exact) mass is 215 g/mol. The van der Waals surface area contributed by atoms with E-state index < -0.39 is 0 Å². The van der Waals surface area contributed by atoms with Crippen LogP contribution in [0.4, 0.5) is 0 Å². The van der Waals surface area contributed by atoms with Gasteiger partial charge in [0, 0.05) is 19.4 Å². The van der Waals surface area contributed by atoms with Gasteiger partial charge >= 0.3 is 0 Å². The number of nitrogens with two attached hydrogens (primary N) is 1. The van der Waals surface area contributed by atoms with Crippen LogP contribution < -0.4 is 5.73 Å². The molecule has 80 valence electrons. The number of aryl methyl sites for hydroxylation is 1. The van der Waals surface area contributed by atoms with Gasteiger partial charge in [-0.15, -0.1) is 21.5 Å². The molecule has 0 amide bonds. The van der Waals surface area contributed by atoms with Crippen LogP contribution in [0.1, 0.15) is 23.4 Å². The first-order chi connectivity index (χ1) is 6.86. The Morgan fingerprint density at radius 3 is 2.64 bits per heavy atom. The summed E-state index contributed by atoms with van der Waals surface area (Å²) in [5, 5.41) is 10.3. The summed E-state index contributed by atoms with van der Waals surface area (Å²) in [7, 11) is 0. The molecule has 5 heteroatoms. The van der Waals surface area contributed by atoms with Crippen molar-refractivity contribution in [1.82, 2.24) is 10.2 Å². The molecule has 2 N–H and O–H groups in total. The fraction of sp³-hybridized carbons (Fsp3) is 0.778. The minimum Gasteiger partial charge on any atom is -0.381 e. The van der Waals surface area contributed by atoms with Gasteiger partial charge in [0.15, 0.2) is 0 Å². The molecule has 1 aromatic rings. The van der Waals surface area contributed by atoms with Crippen molar-refractivity contribution in [3.8, 4) is 0 Å². The van der Waals surface area contributed by atoms with Crippen LogP contribution >= 0.6 is 11.3 Å². The predicted molar refractivity (Wildman–Crippen MR) is 57.5 cm³/mol. The zero-order valence-electron chi connectivity index (χ0n) is 8.53. The average molecular weight is 215 g/mol. The maximum atomic E-state index is 5.42. The van der Waals surface area contributed by atoms with Crippen LogP contribution in [-0.4, -0.2) is 30.0 Å². The minimum atomic E-state index is 0.716. The lowest BCUT2D eigenvalue weighted by Crippen LogP contribution is -1.99. The lowest BCUT2D eigenvalue weighted by atomic mass is 10.3. The molecule has 0 unspecified atom stereocenters. The summed E-state index contributed by atoms with van der Waals surface area (Å²) >= 11 is 1.67. The maximum absolute atomic E-state index is 5.42. The molecular weight excluding hydrogens is 198 g/mol. The first-order valence-corrected chi connectivity index (χ1v) is 5.77. The fourth-order valence-corrected chi connectivity index (χ4v) is 1.91. The summed E-state index contributed by atoms with van der Waals surface area (Å²) in [6.07, 6.45) is 2.80. The first kappa shape index (κ1) is 11.6. The zero-order chi connectivity index (χ0) is 10.2. The summed E-state index contributed by atoms with van der Waals surface area (Å²) in [4.78, 5) is 0. The molecular formula is C9H17N3OS. The Balaban J connectivity index is 2.27. The second-order valence-electron chi connectivity index (χ2n) is 2.93. The van der Waals surface area contributed by atoms with E-state index in [1.54, 1.807) is 11.3 Å². The highest BCUT2D eigenvalue weighted by atomic mass is 32.1. The van der Waals surface area contributed by atoms with Gasteiger partial charge in [0.05, 0.1) is 6.61 Å². The van der Waals surface area contributed by atoms with Gasteiger partial charge in [-0.05, 0) is 19.9 Å². The smallest absolute Gasteiger partial charge is 0.119 e. The van der Waals surface area contributed by atoms with Crippen LogP contribution in [-0.2, 0) is 17.6 Å². The number of hydrogen-bond acceptors (Lipinski definition) is 5. The van der Waals surface area contributed by atoms with E-state index >= 15 is 0 Å². The average Bonchev–Trinajstić information content (AvgIpc) is 2.63. The Labute approximate surface area is 88.5 Å². The van der Waals surface area contributed by atoms with Crippen LogP contribution in [0.5, 0.6) is 0 Å². The Morgan fingerprint density at radius 2 is 2.00 bits per heavy atom. The fourth-order valence-electron chi connectivity index (χ4n) is 1.05. The molecule has 0 radical (unpaired) electrons.